The number of para-hydroxylation sites is 1. The zero-order valence-electron chi connectivity index (χ0n) is 16.0. The Bertz CT molecular complexity index is 770. The lowest BCUT2D eigenvalue weighted by Crippen LogP contribution is -2.31. The van der Waals surface area contributed by atoms with Crippen molar-refractivity contribution in [1.82, 2.24) is 0 Å². The first-order valence-corrected chi connectivity index (χ1v) is 8.76. The molecule has 144 valence electrons. The van der Waals surface area contributed by atoms with Crippen molar-refractivity contribution in [3.63, 3.8) is 0 Å². The van der Waals surface area contributed by atoms with Gasteiger partial charge in [-0.25, -0.2) is 4.79 Å². The monoisotopic (exact) mass is 371 g/mol. The molecule has 0 spiro atoms. The van der Waals surface area contributed by atoms with Gasteiger partial charge in [0.25, 0.3) is 5.91 Å². The van der Waals surface area contributed by atoms with E-state index in [1.807, 2.05) is 38.1 Å². The Kier molecular flexibility index (Phi) is 7.23. The van der Waals surface area contributed by atoms with E-state index < -0.39 is 18.0 Å². The van der Waals surface area contributed by atoms with E-state index in [0.29, 0.717) is 17.2 Å². The Morgan fingerprint density at radius 2 is 1.67 bits per heavy atom. The lowest BCUT2D eigenvalue weighted by Gasteiger charge is -2.16. The number of amides is 1. The SMILES string of the molecule is COc1ccc(NC(=O)[C@@H](C)OC(=O)COc2ccccc2C(C)C)cc1. The van der Waals surface area contributed by atoms with Crippen molar-refractivity contribution in [2.24, 2.45) is 0 Å². The van der Waals surface area contributed by atoms with Crippen molar-refractivity contribution in [1.29, 1.82) is 0 Å². The summed E-state index contributed by atoms with van der Waals surface area (Å²) in [6, 6.07) is 14.4. The third-order valence-corrected chi connectivity index (χ3v) is 3.92. The number of esters is 1. The molecule has 6 heteroatoms. The van der Waals surface area contributed by atoms with Crippen LogP contribution in [-0.2, 0) is 14.3 Å². The lowest BCUT2D eigenvalue weighted by atomic mass is 10.0. The van der Waals surface area contributed by atoms with Gasteiger partial charge in [0, 0.05) is 5.69 Å². The summed E-state index contributed by atoms with van der Waals surface area (Å²) in [6.45, 7) is 5.35. The molecule has 0 aliphatic rings. The third-order valence-electron chi connectivity index (χ3n) is 3.92. The Labute approximate surface area is 159 Å². The number of rotatable bonds is 8. The van der Waals surface area contributed by atoms with Crippen LogP contribution in [0.15, 0.2) is 48.5 Å². The van der Waals surface area contributed by atoms with Crippen LogP contribution in [0.3, 0.4) is 0 Å². The van der Waals surface area contributed by atoms with Crippen LogP contribution in [0.2, 0.25) is 0 Å². The van der Waals surface area contributed by atoms with Crippen LogP contribution in [-0.4, -0.2) is 31.7 Å². The van der Waals surface area contributed by atoms with E-state index in [4.69, 9.17) is 14.2 Å². The minimum absolute atomic E-state index is 0.260. The molecular formula is C21H25NO5. The molecule has 0 aliphatic carbocycles. The highest BCUT2D eigenvalue weighted by atomic mass is 16.6. The van der Waals surface area contributed by atoms with Crippen LogP contribution < -0.4 is 14.8 Å². The van der Waals surface area contributed by atoms with E-state index in [9.17, 15) is 9.59 Å². The lowest BCUT2D eigenvalue weighted by molar-refractivity contribution is -0.155. The van der Waals surface area contributed by atoms with Gasteiger partial charge in [-0.3, -0.25) is 4.79 Å². The fourth-order valence-electron chi connectivity index (χ4n) is 2.43. The number of nitrogens with one attached hydrogen (secondary N) is 1. The van der Waals surface area contributed by atoms with Crippen LogP contribution in [0, 0.1) is 0 Å². The second-order valence-corrected chi connectivity index (χ2v) is 6.33. The highest BCUT2D eigenvalue weighted by molar-refractivity contribution is 5.95. The fourth-order valence-corrected chi connectivity index (χ4v) is 2.43. The summed E-state index contributed by atoms with van der Waals surface area (Å²) >= 11 is 0. The van der Waals surface area contributed by atoms with E-state index in [2.05, 4.69) is 5.32 Å². The average Bonchev–Trinajstić information content (AvgIpc) is 2.67. The van der Waals surface area contributed by atoms with Gasteiger partial charge in [0.15, 0.2) is 12.7 Å². The largest absolute Gasteiger partial charge is 0.497 e. The summed E-state index contributed by atoms with van der Waals surface area (Å²) in [5.41, 5.74) is 1.60. The molecule has 0 radical (unpaired) electrons. The van der Waals surface area contributed by atoms with Crippen LogP contribution in [0.1, 0.15) is 32.3 Å². The summed E-state index contributed by atoms with van der Waals surface area (Å²) in [4.78, 5) is 24.2. The molecule has 2 rings (SSSR count). The number of anilines is 1. The normalized spacial score (nSPS) is 11.6. The van der Waals surface area contributed by atoms with Gasteiger partial charge in [0.2, 0.25) is 0 Å². The summed E-state index contributed by atoms with van der Waals surface area (Å²) < 4.78 is 15.8. The first-order valence-electron chi connectivity index (χ1n) is 8.76. The second-order valence-electron chi connectivity index (χ2n) is 6.33. The van der Waals surface area contributed by atoms with E-state index in [1.54, 1.807) is 31.4 Å². The number of benzene rings is 2. The van der Waals surface area contributed by atoms with Gasteiger partial charge in [-0.05, 0) is 48.7 Å². The average molecular weight is 371 g/mol. The Balaban J connectivity index is 1.84. The van der Waals surface area contributed by atoms with Gasteiger partial charge in [-0.1, -0.05) is 32.0 Å². The molecule has 0 unspecified atom stereocenters. The van der Waals surface area contributed by atoms with Gasteiger partial charge in [0.1, 0.15) is 11.5 Å². The molecule has 0 fully saturated rings. The summed E-state index contributed by atoms with van der Waals surface area (Å²) in [5.74, 6) is 0.569. The standard InChI is InChI=1S/C21H25NO5/c1-14(2)18-7-5-6-8-19(18)26-13-20(23)27-15(3)21(24)22-16-9-11-17(25-4)12-10-16/h5-12,14-15H,13H2,1-4H3,(H,22,24)/t15-/m1/s1. The van der Waals surface area contributed by atoms with Crippen molar-refractivity contribution in [3.8, 4) is 11.5 Å². The van der Waals surface area contributed by atoms with Gasteiger partial charge < -0.3 is 19.5 Å². The number of hydrogen-bond donors (Lipinski definition) is 1. The van der Waals surface area contributed by atoms with Gasteiger partial charge in [0.05, 0.1) is 7.11 Å². The molecule has 1 N–H and O–H groups in total. The maximum Gasteiger partial charge on any atom is 0.344 e. The molecule has 1 atom stereocenters. The highest BCUT2D eigenvalue weighted by Gasteiger charge is 2.19. The molecule has 0 saturated heterocycles. The summed E-state index contributed by atoms with van der Waals surface area (Å²) in [5, 5.41) is 2.68. The minimum Gasteiger partial charge on any atom is -0.497 e. The third kappa shape index (κ3) is 6.02. The molecular weight excluding hydrogens is 346 g/mol. The van der Waals surface area contributed by atoms with Gasteiger partial charge in [-0.2, -0.15) is 0 Å². The van der Waals surface area contributed by atoms with Gasteiger partial charge >= 0.3 is 5.97 Å². The molecule has 0 heterocycles. The maximum absolute atomic E-state index is 12.2. The van der Waals surface area contributed by atoms with Crippen molar-refractivity contribution in [2.45, 2.75) is 32.8 Å². The van der Waals surface area contributed by atoms with Crippen molar-refractivity contribution < 1.29 is 23.8 Å². The quantitative estimate of drug-likeness (QED) is 0.715. The topological polar surface area (TPSA) is 73.9 Å². The maximum atomic E-state index is 12.2. The number of methoxy groups -OCH3 is 1. The van der Waals surface area contributed by atoms with E-state index in [1.165, 1.54) is 6.92 Å². The van der Waals surface area contributed by atoms with Crippen LogP contribution in [0.25, 0.3) is 0 Å². The molecule has 0 aliphatic heterocycles. The predicted molar refractivity (Wildman–Crippen MR) is 103 cm³/mol. The van der Waals surface area contributed by atoms with Crippen molar-refractivity contribution >= 4 is 17.6 Å². The van der Waals surface area contributed by atoms with E-state index in [-0.39, 0.29) is 12.5 Å². The first-order chi connectivity index (χ1) is 12.9. The Hall–Kier alpha value is -3.02. The minimum atomic E-state index is -0.941. The second kappa shape index (κ2) is 9.62. The Morgan fingerprint density at radius 1 is 1.00 bits per heavy atom. The van der Waals surface area contributed by atoms with E-state index in [0.717, 1.165) is 5.56 Å². The molecule has 0 bridgehead atoms. The van der Waals surface area contributed by atoms with Crippen LogP contribution in [0.5, 0.6) is 11.5 Å². The van der Waals surface area contributed by atoms with Gasteiger partial charge in [-0.15, -0.1) is 0 Å². The van der Waals surface area contributed by atoms with Crippen LogP contribution in [0.4, 0.5) is 5.69 Å². The zero-order valence-corrected chi connectivity index (χ0v) is 16.0. The number of ether oxygens (including phenoxy) is 3. The first kappa shape index (κ1) is 20.3. The molecule has 27 heavy (non-hydrogen) atoms. The Morgan fingerprint density at radius 3 is 2.30 bits per heavy atom. The number of carbonyl (C=O) groups excluding carboxylic acids is 2. The highest BCUT2D eigenvalue weighted by Crippen LogP contribution is 2.25. The van der Waals surface area contributed by atoms with E-state index >= 15 is 0 Å². The summed E-state index contributed by atoms with van der Waals surface area (Å²) in [6.07, 6.45) is -0.941. The molecule has 0 aromatic heterocycles. The van der Waals surface area contributed by atoms with Crippen molar-refractivity contribution in [3.05, 3.63) is 54.1 Å². The predicted octanol–water partition coefficient (Wildman–Crippen LogP) is 3.77. The molecule has 6 nitrogen and oxygen atoms in total. The number of hydrogen-bond acceptors (Lipinski definition) is 5. The molecule has 1 amide bonds. The van der Waals surface area contributed by atoms with Crippen molar-refractivity contribution in [2.75, 3.05) is 19.0 Å². The fraction of sp³-hybridized carbons (Fsp3) is 0.333. The molecule has 0 saturated carbocycles. The zero-order chi connectivity index (χ0) is 19.8. The summed E-state index contributed by atoms with van der Waals surface area (Å²) in [7, 11) is 1.57. The van der Waals surface area contributed by atoms with Crippen LogP contribution >= 0.6 is 0 Å². The molecule has 2 aromatic carbocycles. The smallest absolute Gasteiger partial charge is 0.344 e. The molecule has 2 aromatic rings. The number of carbonyl (C=O) groups is 2.